The van der Waals surface area contributed by atoms with E-state index in [-0.39, 0.29) is 31.1 Å². The molecule has 0 radical (unpaired) electrons. The van der Waals surface area contributed by atoms with Crippen molar-refractivity contribution in [3.8, 4) is 0 Å². The third kappa shape index (κ3) is 7.46. The Kier molecular flexibility index (Phi) is 7.72. The van der Waals surface area contributed by atoms with Crippen LogP contribution < -0.4 is 5.32 Å². The fraction of sp³-hybridized carbons (Fsp3) is 0.875. The van der Waals surface area contributed by atoms with Gasteiger partial charge in [-0.3, -0.25) is 14.5 Å². The van der Waals surface area contributed by atoms with E-state index in [0.29, 0.717) is 5.92 Å². The first-order chi connectivity index (χ1) is 9.88. The van der Waals surface area contributed by atoms with Crippen LogP contribution >= 0.6 is 0 Å². The summed E-state index contributed by atoms with van der Waals surface area (Å²) in [5.41, 5.74) is 0. The van der Waals surface area contributed by atoms with Gasteiger partial charge in [0.05, 0.1) is 13.1 Å². The lowest BCUT2D eigenvalue weighted by atomic mass is 10.0. The Morgan fingerprint density at radius 1 is 1.14 bits per heavy atom. The zero-order valence-corrected chi connectivity index (χ0v) is 13.6. The number of carbonyl (C=O) groups is 2. The fourth-order valence-corrected chi connectivity index (χ4v) is 2.92. The minimum atomic E-state index is -0.859. The molecule has 1 aliphatic carbocycles. The molecular formula is C16H30N2O3. The van der Waals surface area contributed by atoms with Gasteiger partial charge < -0.3 is 10.4 Å². The van der Waals surface area contributed by atoms with Gasteiger partial charge in [0.25, 0.3) is 0 Å². The summed E-state index contributed by atoms with van der Waals surface area (Å²) >= 11 is 0. The quantitative estimate of drug-likeness (QED) is 0.685. The van der Waals surface area contributed by atoms with Crippen LogP contribution in [0.4, 0.5) is 0 Å². The minimum absolute atomic E-state index is 0.0432. The molecule has 5 nitrogen and oxygen atoms in total. The Morgan fingerprint density at radius 2 is 1.76 bits per heavy atom. The molecule has 1 rings (SSSR count). The minimum Gasteiger partial charge on any atom is -0.480 e. The lowest BCUT2D eigenvalue weighted by Gasteiger charge is -2.27. The van der Waals surface area contributed by atoms with Gasteiger partial charge in [-0.15, -0.1) is 0 Å². The molecule has 2 N–H and O–H groups in total. The molecule has 1 saturated carbocycles. The summed E-state index contributed by atoms with van der Waals surface area (Å²) in [6.07, 6.45) is 6.32. The van der Waals surface area contributed by atoms with Crippen LogP contribution in [0.2, 0.25) is 0 Å². The van der Waals surface area contributed by atoms with E-state index in [1.807, 2.05) is 11.8 Å². The zero-order chi connectivity index (χ0) is 15.8. The van der Waals surface area contributed by atoms with Gasteiger partial charge >= 0.3 is 5.97 Å². The van der Waals surface area contributed by atoms with E-state index < -0.39 is 5.97 Å². The molecule has 122 valence electrons. The van der Waals surface area contributed by atoms with Crippen LogP contribution in [-0.2, 0) is 9.59 Å². The van der Waals surface area contributed by atoms with Crippen molar-refractivity contribution in [2.45, 2.75) is 71.4 Å². The van der Waals surface area contributed by atoms with E-state index in [9.17, 15) is 9.59 Å². The molecule has 1 fully saturated rings. The van der Waals surface area contributed by atoms with Gasteiger partial charge in [0.2, 0.25) is 5.91 Å². The molecule has 0 bridgehead atoms. The molecule has 21 heavy (non-hydrogen) atoms. The molecule has 0 saturated heterocycles. The number of rotatable bonds is 9. The number of carboxylic acids is 1. The molecule has 5 heteroatoms. The van der Waals surface area contributed by atoms with Crippen LogP contribution in [0.1, 0.15) is 59.3 Å². The summed E-state index contributed by atoms with van der Waals surface area (Å²) in [6.45, 7) is 6.51. The predicted octanol–water partition coefficient (Wildman–Crippen LogP) is 2.26. The highest BCUT2D eigenvalue weighted by molar-refractivity contribution is 5.79. The summed E-state index contributed by atoms with van der Waals surface area (Å²) in [5.74, 6) is -0.284. The Morgan fingerprint density at radius 3 is 2.29 bits per heavy atom. The molecular weight excluding hydrogens is 268 g/mol. The molecule has 1 unspecified atom stereocenters. The van der Waals surface area contributed by atoms with E-state index in [0.717, 1.165) is 38.5 Å². The van der Waals surface area contributed by atoms with Crippen LogP contribution in [0.15, 0.2) is 0 Å². The van der Waals surface area contributed by atoms with E-state index in [1.165, 1.54) is 0 Å². The molecule has 0 aromatic carbocycles. The van der Waals surface area contributed by atoms with Crippen molar-refractivity contribution >= 4 is 11.9 Å². The van der Waals surface area contributed by atoms with Gasteiger partial charge in [0.15, 0.2) is 0 Å². The topological polar surface area (TPSA) is 69.6 Å². The monoisotopic (exact) mass is 298 g/mol. The summed E-state index contributed by atoms with van der Waals surface area (Å²) in [4.78, 5) is 24.9. The Labute approximate surface area is 128 Å². The molecule has 0 aliphatic heterocycles. The number of hydrogen-bond donors (Lipinski definition) is 2. The molecule has 1 amide bonds. The summed E-state index contributed by atoms with van der Waals surface area (Å²) in [5, 5.41) is 12.0. The summed E-state index contributed by atoms with van der Waals surface area (Å²) < 4.78 is 0. The lowest BCUT2D eigenvalue weighted by molar-refractivity contribution is -0.139. The second kappa shape index (κ2) is 9.03. The maximum Gasteiger partial charge on any atom is 0.317 e. The SMILES string of the molecule is CC(C)CCC(C)NC(=O)CN(CC(=O)O)C1CCCC1. The van der Waals surface area contributed by atoms with Gasteiger partial charge in [-0.05, 0) is 38.5 Å². The molecule has 1 atom stereocenters. The molecule has 1 aliphatic rings. The number of carboxylic acid groups (broad SMARTS) is 1. The van der Waals surface area contributed by atoms with Crippen molar-refractivity contribution in [1.29, 1.82) is 0 Å². The van der Waals surface area contributed by atoms with Crippen LogP contribution in [0.3, 0.4) is 0 Å². The van der Waals surface area contributed by atoms with Gasteiger partial charge in [0.1, 0.15) is 0 Å². The predicted molar refractivity (Wildman–Crippen MR) is 83.1 cm³/mol. The van der Waals surface area contributed by atoms with Crippen molar-refractivity contribution in [1.82, 2.24) is 10.2 Å². The van der Waals surface area contributed by atoms with Crippen molar-refractivity contribution in [3.63, 3.8) is 0 Å². The Bertz CT molecular complexity index is 338. The number of nitrogens with zero attached hydrogens (tertiary/aromatic N) is 1. The first-order valence-electron chi connectivity index (χ1n) is 8.13. The van der Waals surface area contributed by atoms with Crippen molar-refractivity contribution in [2.24, 2.45) is 5.92 Å². The Hall–Kier alpha value is -1.10. The Balaban J connectivity index is 2.41. The number of aliphatic carboxylic acids is 1. The highest BCUT2D eigenvalue weighted by atomic mass is 16.4. The number of hydrogen-bond acceptors (Lipinski definition) is 3. The van der Waals surface area contributed by atoms with Crippen LogP contribution in [0, 0.1) is 5.92 Å². The summed E-state index contributed by atoms with van der Waals surface area (Å²) in [7, 11) is 0. The first-order valence-corrected chi connectivity index (χ1v) is 8.13. The average Bonchev–Trinajstić information content (AvgIpc) is 2.88. The summed E-state index contributed by atoms with van der Waals surface area (Å²) in [6, 6.07) is 0.396. The average molecular weight is 298 g/mol. The van der Waals surface area contributed by atoms with Crippen LogP contribution in [0.5, 0.6) is 0 Å². The van der Waals surface area contributed by atoms with Gasteiger partial charge in [-0.25, -0.2) is 0 Å². The third-order valence-electron chi connectivity index (χ3n) is 4.11. The normalized spacial score (nSPS) is 17.4. The van der Waals surface area contributed by atoms with E-state index >= 15 is 0 Å². The zero-order valence-electron chi connectivity index (χ0n) is 13.6. The largest absolute Gasteiger partial charge is 0.480 e. The maximum atomic E-state index is 12.1. The highest BCUT2D eigenvalue weighted by Crippen LogP contribution is 2.23. The molecule has 0 aromatic rings. The number of amides is 1. The fourth-order valence-electron chi connectivity index (χ4n) is 2.92. The van der Waals surface area contributed by atoms with E-state index in [4.69, 9.17) is 5.11 Å². The smallest absolute Gasteiger partial charge is 0.317 e. The van der Waals surface area contributed by atoms with Gasteiger partial charge in [0, 0.05) is 12.1 Å². The number of carbonyl (C=O) groups excluding carboxylic acids is 1. The van der Waals surface area contributed by atoms with E-state index in [1.54, 1.807) is 0 Å². The lowest BCUT2D eigenvalue weighted by Crippen LogP contribution is -2.46. The van der Waals surface area contributed by atoms with Crippen molar-refractivity contribution < 1.29 is 14.7 Å². The second-order valence-electron chi connectivity index (χ2n) is 6.68. The van der Waals surface area contributed by atoms with Crippen LogP contribution in [0.25, 0.3) is 0 Å². The molecule has 0 aromatic heterocycles. The standard InChI is InChI=1S/C16H30N2O3/c1-12(2)8-9-13(3)17-15(19)10-18(11-16(20)21)14-6-4-5-7-14/h12-14H,4-11H2,1-3H3,(H,17,19)(H,20,21). The number of nitrogens with one attached hydrogen (secondary N) is 1. The van der Waals surface area contributed by atoms with Crippen LogP contribution in [-0.4, -0.2) is 47.1 Å². The van der Waals surface area contributed by atoms with Gasteiger partial charge in [-0.2, -0.15) is 0 Å². The first kappa shape index (κ1) is 18.0. The third-order valence-corrected chi connectivity index (χ3v) is 4.11. The maximum absolute atomic E-state index is 12.1. The molecule has 0 heterocycles. The van der Waals surface area contributed by atoms with E-state index in [2.05, 4.69) is 19.2 Å². The highest BCUT2D eigenvalue weighted by Gasteiger charge is 2.26. The van der Waals surface area contributed by atoms with Crippen molar-refractivity contribution in [3.05, 3.63) is 0 Å². The van der Waals surface area contributed by atoms with Gasteiger partial charge in [-0.1, -0.05) is 26.7 Å². The van der Waals surface area contributed by atoms with Crippen molar-refractivity contribution in [2.75, 3.05) is 13.1 Å². The second-order valence-corrected chi connectivity index (χ2v) is 6.68. The molecule has 0 spiro atoms.